The van der Waals surface area contributed by atoms with E-state index in [1.165, 1.54) is 31.0 Å². The first-order valence-electron chi connectivity index (χ1n) is 8.09. The number of methoxy groups -OCH3 is 1. The first-order valence-corrected chi connectivity index (χ1v) is 8.90. The molecule has 0 aromatic heterocycles. The predicted molar refractivity (Wildman–Crippen MR) is 95.7 cm³/mol. The fraction of sp³-hybridized carbons (Fsp3) is 0.444. The van der Waals surface area contributed by atoms with Crippen molar-refractivity contribution in [2.45, 2.75) is 45.1 Å². The molecule has 0 spiro atoms. The highest BCUT2D eigenvalue weighted by molar-refractivity contribution is 8.18. The Hall–Kier alpha value is -1.75. The lowest BCUT2D eigenvalue weighted by Crippen LogP contribution is -2.22. The zero-order valence-corrected chi connectivity index (χ0v) is 14.4. The van der Waals surface area contributed by atoms with Crippen LogP contribution in [0.15, 0.2) is 28.1 Å². The van der Waals surface area contributed by atoms with Crippen molar-refractivity contribution in [3.63, 3.8) is 0 Å². The average Bonchev–Trinajstić information content (AvgIpc) is 2.88. The molecule has 1 N–H and O–H groups in total. The van der Waals surface area contributed by atoms with Crippen LogP contribution < -0.4 is 10.1 Å². The van der Waals surface area contributed by atoms with Crippen LogP contribution in [0.25, 0.3) is 6.08 Å². The van der Waals surface area contributed by atoms with Crippen LogP contribution in [-0.2, 0) is 4.79 Å². The SMILES string of the molecule is COc1ccc(/C=C2\SC(=NC3CCCCC3)NC2=O)cc1C. The van der Waals surface area contributed by atoms with Crippen LogP contribution in [0.2, 0.25) is 0 Å². The molecule has 1 aromatic rings. The number of thioether (sulfide) groups is 1. The molecule has 122 valence electrons. The Morgan fingerprint density at radius 3 is 2.78 bits per heavy atom. The molecule has 0 unspecified atom stereocenters. The van der Waals surface area contributed by atoms with E-state index in [0.29, 0.717) is 10.9 Å². The van der Waals surface area contributed by atoms with Gasteiger partial charge in [-0.05, 0) is 60.9 Å². The van der Waals surface area contributed by atoms with E-state index in [9.17, 15) is 4.79 Å². The monoisotopic (exact) mass is 330 g/mol. The van der Waals surface area contributed by atoms with Crippen molar-refractivity contribution in [3.05, 3.63) is 34.2 Å². The Bertz CT molecular complexity index is 661. The number of nitrogens with zero attached hydrogens (tertiary/aromatic N) is 1. The van der Waals surface area contributed by atoms with Gasteiger partial charge in [0.25, 0.3) is 5.91 Å². The number of carbonyl (C=O) groups is 1. The van der Waals surface area contributed by atoms with Crippen LogP contribution in [0.1, 0.15) is 43.2 Å². The summed E-state index contributed by atoms with van der Waals surface area (Å²) < 4.78 is 5.27. The number of rotatable bonds is 3. The van der Waals surface area contributed by atoms with Crippen molar-refractivity contribution in [1.82, 2.24) is 5.32 Å². The van der Waals surface area contributed by atoms with Crippen molar-refractivity contribution in [2.75, 3.05) is 7.11 Å². The highest BCUT2D eigenvalue weighted by Crippen LogP contribution is 2.29. The largest absolute Gasteiger partial charge is 0.496 e. The highest BCUT2D eigenvalue weighted by Gasteiger charge is 2.25. The van der Waals surface area contributed by atoms with Crippen LogP contribution in [0.5, 0.6) is 5.75 Å². The molecule has 1 saturated heterocycles. The predicted octanol–water partition coefficient (Wildman–Crippen LogP) is 3.90. The number of amidine groups is 1. The van der Waals surface area contributed by atoms with Gasteiger partial charge in [0.15, 0.2) is 5.17 Å². The number of ether oxygens (including phenoxy) is 1. The van der Waals surface area contributed by atoms with E-state index in [2.05, 4.69) is 5.32 Å². The Balaban J connectivity index is 1.74. The number of nitrogens with one attached hydrogen (secondary N) is 1. The molecule has 1 aliphatic heterocycles. The van der Waals surface area contributed by atoms with E-state index in [1.54, 1.807) is 7.11 Å². The summed E-state index contributed by atoms with van der Waals surface area (Å²) in [5.41, 5.74) is 2.06. The van der Waals surface area contributed by atoms with Gasteiger partial charge >= 0.3 is 0 Å². The first-order chi connectivity index (χ1) is 11.2. The van der Waals surface area contributed by atoms with Crippen LogP contribution >= 0.6 is 11.8 Å². The summed E-state index contributed by atoms with van der Waals surface area (Å²) in [7, 11) is 1.66. The van der Waals surface area contributed by atoms with E-state index >= 15 is 0 Å². The Kier molecular flexibility index (Phi) is 5.06. The summed E-state index contributed by atoms with van der Waals surface area (Å²) in [5, 5.41) is 3.64. The van der Waals surface area contributed by atoms with E-state index in [4.69, 9.17) is 9.73 Å². The number of hydrogen-bond acceptors (Lipinski definition) is 4. The molecule has 2 aliphatic rings. The maximum Gasteiger partial charge on any atom is 0.264 e. The molecule has 4 nitrogen and oxygen atoms in total. The smallest absolute Gasteiger partial charge is 0.264 e. The minimum atomic E-state index is -0.0574. The summed E-state index contributed by atoms with van der Waals surface area (Å²) in [5.74, 6) is 0.799. The van der Waals surface area contributed by atoms with Crippen molar-refractivity contribution < 1.29 is 9.53 Å². The molecule has 1 aromatic carbocycles. The summed E-state index contributed by atoms with van der Waals surface area (Å²) in [6.07, 6.45) is 7.98. The molecule has 0 bridgehead atoms. The zero-order chi connectivity index (χ0) is 16.2. The molecule has 23 heavy (non-hydrogen) atoms. The normalized spacial score (nSPS) is 22.6. The van der Waals surface area contributed by atoms with E-state index < -0.39 is 0 Å². The fourth-order valence-corrected chi connectivity index (χ4v) is 3.90. The van der Waals surface area contributed by atoms with Gasteiger partial charge in [0.05, 0.1) is 18.1 Å². The molecule has 0 atom stereocenters. The summed E-state index contributed by atoms with van der Waals surface area (Å²) >= 11 is 1.44. The number of aryl methyl sites for hydroxylation is 1. The third kappa shape index (κ3) is 3.96. The number of benzene rings is 1. The van der Waals surface area contributed by atoms with Crippen molar-refractivity contribution >= 4 is 28.9 Å². The molecule has 3 rings (SSSR count). The standard InChI is InChI=1S/C18H22N2O2S/c1-12-10-13(8-9-15(12)22-2)11-16-17(21)20-18(23-16)19-14-6-4-3-5-7-14/h8-11,14H,3-7H2,1-2H3,(H,19,20,21)/b16-11-. The highest BCUT2D eigenvalue weighted by atomic mass is 32.2. The molecular weight excluding hydrogens is 308 g/mol. The fourth-order valence-electron chi connectivity index (χ4n) is 3.01. The van der Waals surface area contributed by atoms with E-state index in [1.807, 2.05) is 31.2 Å². The Labute approximate surface area is 141 Å². The number of hydrogen-bond donors (Lipinski definition) is 1. The molecule has 0 radical (unpaired) electrons. The van der Waals surface area contributed by atoms with Gasteiger partial charge in [0.1, 0.15) is 5.75 Å². The van der Waals surface area contributed by atoms with Gasteiger partial charge in [0, 0.05) is 0 Å². The second-order valence-electron chi connectivity index (χ2n) is 6.02. The molecular formula is C18H22N2O2S. The second kappa shape index (κ2) is 7.21. The quantitative estimate of drug-likeness (QED) is 0.855. The van der Waals surface area contributed by atoms with Crippen LogP contribution in [0.3, 0.4) is 0 Å². The molecule has 1 aliphatic carbocycles. The maximum atomic E-state index is 12.1. The van der Waals surface area contributed by atoms with Gasteiger partial charge in [-0.2, -0.15) is 0 Å². The minimum absolute atomic E-state index is 0.0574. The lowest BCUT2D eigenvalue weighted by atomic mass is 9.96. The lowest BCUT2D eigenvalue weighted by Gasteiger charge is -2.17. The Morgan fingerprint density at radius 1 is 1.30 bits per heavy atom. The second-order valence-corrected chi connectivity index (χ2v) is 7.05. The third-order valence-corrected chi connectivity index (χ3v) is 5.17. The summed E-state index contributed by atoms with van der Waals surface area (Å²) in [4.78, 5) is 17.5. The molecule has 1 saturated carbocycles. The van der Waals surface area contributed by atoms with E-state index in [-0.39, 0.29) is 5.91 Å². The van der Waals surface area contributed by atoms with Gasteiger partial charge in [-0.1, -0.05) is 25.3 Å². The van der Waals surface area contributed by atoms with Gasteiger partial charge in [0.2, 0.25) is 0 Å². The average molecular weight is 330 g/mol. The first kappa shape index (κ1) is 16.1. The van der Waals surface area contributed by atoms with Crippen LogP contribution in [-0.4, -0.2) is 24.2 Å². The number of amides is 1. The van der Waals surface area contributed by atoms with Gasteiger partial charge in [-0.15, -0.1) is 0 Å². The number of carbonyl (C=O) groups excluding carboxylic acids is 1. The van der Waals surface area contributed by atoms with E-state index in [0.717, 1.165) is 34.9 Å². The maximum absolute atomic E-state index is 12.1. The topological polar surface area (TPSA) is 50.7 Å². The van der Waals surface area contributed by atoms with Gasteiger partial charge in [-0.3, -0.25) is 9.79 Å². The molecule has 1 heterocycles. The van der Waals surface area contributed by atoms with Crippen molar-refractivity contribution in [1.29, 1.82) is 0 Å². The van der Waals surface area contributed by atoms with Crippen molar-refractivity contribution in [3.8, 4) is 5.75 Å². The molecule has 1 amide bonds. The number of aliphatic imine (C=N–C) groups is 1. The summed E-state index contributed by atoms with van der Waals surface area (Å²) in [6, 6.07) is 6.28. The van der Waals surface area contributed by atoms with Gasteiger partial charge < -0.3 is 10.1 Å². The third-order valence-electron chi connectivity index (χ3n) is 4.24. The van der Waals surface area contributed by atoms with Crippen molar-refractivity contribution in [2.24, 2.45) is 4.99 Å². The van der Waals surface area contributed by atoms with Gasteiger partial charge in [-0.25, -0.2) is 0 Å². The lowest BCUT2D eigenvalue weighted by molar-refractivity contribution is -0.115. The van der Waals surface area contributed by atoms with Crippen LogP contribution in [0, 0.1) is 6.92 Å². The zero-order valence-electron chi connectivity index (χ0n) is 13.6. The Morgan fingerprint density at radius 2 is 2.09 bits per heavy atom. The summed E-state index contributed by atoms with van der Waals surface area (Å²) in [6.45, 7) is 2.00. The minimum Gasteiger partial charge on any atom is -0.496 e. The molecule has 2 fully saturated rings. The van der Waals surface area contributed by atoms with Crippen LogP contribution in [0.4, 0.5) is 0 Å². The molecule has 5 heteroatoms.